The van der Waals surface area contributed by atoms with Crippen molar-refractivity contribution in [2.24, 2.45) is 0 Å². The highest BCUT2D eigenvalue weighted by Crippen LogP contribution is 2.19. The van der Waals surface area contributed by atoms with Crippen LogP contribution in [0.1, 0.15) is 15.9 Å². The van der Waals surface area contributed by atoms with Gasteiger partial charge in [-0.15, -0.1) is 0 Å². The predicted octanol–water partition coefficient (Wildman–Crippen LogP) is 2.85. The standard InChI is InChI=1S/C18H20N2O3/c1-20(2)17(21)11-13-7-9-15(10-8-13)19-16-6-4-5-14(12-16)18(22)23-3/h4-10,12,19H,11H2,1-3H3. The molecule has 5 heteroatoms. The Morgan fingerprint density at radius 2 is 1.74 bits per heavy atom. The molecule has 5 nitrogen and oxygen atoms in total. The lowest BCUT2D eigenvalue weighted by Gasteiger charge is -2.11. The molecule has 0 aromatic heterocycles. The monoisotopic (exact) mass is 312 g/mol. The van der Waals surface area contributed by atoms with Crippen molar-refractivity contribution < 1.29 is 14.3 Å². The van der Waals surface area contributed by atoms with E-state index in [2.05, 4.69) is 5.32 Å². The first kappa shape index (κ1) is 16.5. The molecule has 0 fully saturated rings. The van der Waals surface area contributed by atoms with E-state index >= 15 is 0 Å². The highest BCUT2D eigenvalue weighted by Gasteiger charge is 2.07. The number of carbonyl (C=O) groups is 2. The van der Waals surface area contributed by atoms with Gasteiger partial charge in [0.25, 0.3) is 0 Å². The minimum atomic E-state index is -0.369. The SMILES string of the molecule is COC(=O)c1cccc(Nc2ccc(CC(=O)N(C)C)cc2)c1. The zero-order chi connectivity index (χ0) is 16.8. The molecule has 1 N–H and O–H groups in total. The minimum absolute atomic E-state index is 0.0662. The molecular weight excluding hydrogens is 292 g/mol. The normalized spacial score (nSPS) is 10.0. The number of carbonyl (C=O) groups excluding carboxylic acids is 2. The maximum Gasteiger partial charge on any atom is 0.337 e. The van der Waals surface area contributed by atoms with E-state index in [1.165, 1.54) is 7.11 Å². The van der Waals surface area contributed by atoms with Crippen LogP contribution in [0.25, 0.3) is 0 Å². The van der Waals surface area contributed by atoms with Crippen LogP contribution in [-0.4, -0.2) is 38.0 Å². The van der Waals surface area contributed by atoms with Gasteiger partial charge in [0.15, 0.2) is 0 Å². The lowest BCUT2D eigenvalue weighted by molar-refractivity contribution is -0.127. The van der Waals surface area contributed by atoms with E-state index < -0.39 is 0 Å². The van der Waals surface area contributed by atoms with Gasteiger partial charge in [-0.2, -0.15) is 0 Å². The third-order valence-electron chi connectivity index (χ3n) is 3.38. The van der Waals surface area contributed by atoms with Crippen LogP contribution >= 0.6 is 0 Å². The van der Waals surface area contributed by atoms with Crippen LogP contribution in [0.15, 0.2) is 48.5 Å². The van der Waals surface area contributed by atoms with Crippen molar-refractivity contribution in [3.8, 4) is 0 Å². The summed E-state index contributed by atoms with van der Waals surface area (Å²) < 4.78 is 4.71. The number of hydrogen-bond acceptors (Lipinski definition) is 4. The fourth-order valence-corrected chi connectivity index (χ4v) is 2.05. The van der Waals surface area contributed by atoms with Gasteiger partial charge in [-0.25, -0.2) is 4.79 Å². The van der Waals surface area contributed by atoms with Crippen LogP contribution in [0.4, 0.5) is 11.4 Å². The average molecular weight is 312 g/mol. The van der Waals surface area contributed by atoms with Crippen LogP contribution in [-0.2, 0) is 16.0 Å². The van der Waals surface area contributed by atoms with E-state index in [9.17, 15) is 9.59 Å². The molecule has 2 aromatic carbocycles. The Labute approximate surface area is 135 Å². The second-order valence-electron chi connectivity index (χ2n) is 5.36. The highest BCUT2D eigenvalue weighted by molar-refractivity contribution is 5.90. The number of anilines is 2. The van der Waals surface area contributed by atoms with Gasteiger partial charge < -0.3 is 15.0 Å². The molecular formula is C18H20N2O3. The molecule has 23 heavy (non-hydrogen) atoms. The van der Waals surface area contributed by atoms with Gasteiger partial charge >= 0.3 is 5.97 Å². The average Bonchev–Trinajstić information content (AvgIpc) is 2.56. The number of nitrogens with one attached hydrogen (secondary N) is 1. The summed E-state index contributed by atoms with van der Waals surface area (Å²) in [7, 11) is 4.84. The largest absolute Gasteiger partial charge is 0.465 e. The molecule has 2 rings (SSSR count). The summed E-state index contributed by atoms with van der Waals surface area (Å²) in [6.45, 7) is 0. The third kappa shape index (κ3) is 4.57. The molecule has 0 spiro atoms. The first-order valence-corrected chi connectivity index (χ1v) is 7.24. The number of rotatable bonds is 5. The van der Waals surface area contributed by atoms with Crippen molar-refractivity contribution in [3.63, 3.8) is 0 Å². The Hall–Kier alpha value is -2.82. The zero-order valence-corrected chi connectivity index (χ0v) is 13.5. The number of amides is 1. The van der Waals surface area contributed by atoms with Crippen LogP contribution in [0.3, 0.4) is 0 Å². The van der Waals surface area contributed by atoms with E-state index in [1.807, 2.05) is 30.3 Å². The molecule has 0 aliphatic rings. The highest BCUT2D eigenvalue weighted by atomic mass is 16.5. The Bertz CT molecular complexity index is 694. The Kier molecular flexibility index (Phi) is 5.36. The summed E-state index contributed by atoms with van der Waals surface area (Å²) in [4.78, 5) is 24.8. The van der Waals surface area contributed by atoms with Crippen molar-refractivity contribution in [2.75, 3.05) is 26.5 Å². The van der Waals surface area contributed by atoms with Gasteiger partial charge in [0.1, 0.15) is 0 Å². The van der Waals surface area contributed by atoms with E-state index in [1.54, 1.807) is 37.2 Å². The molecule has 0 atom stereocenters. The quantitative estimate of drug-likeness (QED) is 0.863. The zero-order valence-electron chi connectivity index (χ0n) is 13.5. The molecule has 0 aliphatic heterocycles. The molecule has 0 heterocycles. The van der Waals surface area contributed by atoms with Crippen LogP contribution in [0.5, 0.6) is 0 Å². The summed E-state index contributed by atoms with van der Waals surface area (Å²) in [5.74, 6) is -0.303. The van der Waals surface area contributed by atoms with Crippen molar-refractivity contribution in [1.82, 2.24) is 4.90 Å². The van der Waals surface area contributed by atoms with E-state index in [0.29, 0.717) is 12.0 Å². The molecule has 0 aliphatic carbocycles. The second kappa shape index (κ2) is 7.45. The molecule has 1 amide bonds. The Balaban J connectivity index is 2.06. The van der Waals surface area contributed by atoms with E-state index in [-0.39, 0.29) is 11.9 Å². The van der Waals surface area contributed by atoms with Gasteiger partial charge in [0.2, 0.25) is 5.91 Å². The number of nitrogens with zero attached hydrogens (tertiary/aromatic N) is 1. The summed E-state index contributed by atoms with van der Waals surface area (Å²) in [6, 6.07) is 14.7. The first-order chi connectivity index (χ1) is 11.0. The number of benzene rings is 2. The van der Waals surface area contributed by atoms with Crippen LogP contribution < -0.4 is 5.32 Å². The number of hydrogen-bond donors (Lipinski definition) is 1. The minimum Gasteiger partial charge on any atom is -0.465 e. The molecule has 120 valence electrons. The van der Waals surface area contributed by atoms with Crippen LogP contribution in [0, 0.1) is 0 Å². The topological polar surface area (TPSA) is 58.6 Å². The maximum atomic E-state index is 11.7. The van der Waals surface area contributed by atoms with Gasteiger partial charge in [-0.05, 0) is 35.9 Å². The molecule has 0 saturated heterocycles. The fourth-order valence-electron chi connectivity index (χ4n) is 2.05. The van der Waals surface area contributed by atoms with Crippen molar-refractivity contribution in [1.29, 1.82) is 0 Å². The molecule has 0 bridgehead atoms. The van der Waals surface area contributed by atoms with Gasteiger partial charge in [0.05, 0.1) is 19.1 Å². The summed E-state index contributed by atoms with van der Waals surface area (Å²) in [6.07, 6.45) is 0.380. The smallest absolute Gasteiger partial charge is 0.337 e. The van der Waals surface area contributed by atoms with Gasteiger partial charge in [-0.1, -0.05) is 18.2 Å². The van der Waals surface area contributed by atoms with Crippen molar-refractivity contribution in [3.05, 3.63) is 59.7 Å². The van der Waals surface area contributed by atoms with Gasteiger partial charge in [-0.3, -0.25) is 4.79 Å². The molecule has 0 unspecified atom stereocenters. The number of likely N-dealkylation sites (N-methyl/N-ethyl adjacent to an activating group) is 1. The number of ether oxygens (including phenoxy) is 1. The van der Waals surface area contributed by atoms with Crippen molar-refractivity contribution in [2.45, 2.75) is 6.42 Å². The van der Waals surface area contributed by atoms with E-state index in [4.69, 9.17) is 4.74 Å². The maximum absolute atomic E-state index is 11.7. The second-order valence-corrected chi connectivity index (χ2v) is 5.36. The number of esters is 1. The summed E-state index contributed by atoms with van der Waals surface area (Å²) in [5.41, 5.74) is 3.13. The number of methoxy groups -OCH3 is 1. The predicted molar refractivity (Wildman–Crippen MR) is 89.9 cm³/mol. The van der Waals surface area contributed by atoms with Crippen LogP contribution in [0.2, 0.25) is 0 Å². The summed E-state index contributed by atoms with van der Waals surface area (Å²) >= 11 is 0. The molecule has 2 aromatic rings. The Morgan fingerprint density at radius 1 is 1.04 bits per heavy atom. The van der Waals surface area contributed by atoms with Crippen molar-refractivity contribution >= 4 is 23.3 Å². The Morgan fingerprint density at radius 3 is 2.35 bits per heavy atom. The van der Waals surface area contributed by atoms with E-state index in [0.717, 1.165) is 16.9 Å². The summed E-state index contributed by atoms with van der Waals surface area (Å²) in [5, 5.41) is 3.22. The third-order valence-corrected chi connectivity index (χ3v) is 3.38. The first-order valence-electron chi connectivity index (χ1n) is 7.24. The van der Waals surface area contributed by atoms with Gasteiger partial charge in [0, 0.05) is 25.5 Å². The molecule has 0 saturated carbocycles. The lowest BCUT2D eigenvalue weighted by atomic mass is 10.1. The fraction of sp³-hybridized carbons (Fsp3) is 0.222. The lowest BCUT2D eigenvalue weighted by Crippen LogP contribution is -2.23. The molecule has 0 radical (unpaired) electrons.